The van der Waals surface area contributed by atoms with E-state index in [2.05, 4.69) is 15.5 Å². The fraction of sp³-hybridized carbons (Fsp3) is 0.143. The fourth-order valence-corrected chi connectivity index (χ4v) is 2.88. The Balaban J connectivity index is 1.72. The Morgan fingerprint density at radius 3 is 2.29 bits per heavy atom. The zero-order valence-electron chi connectivity index (χ0n) is 15.1. The summed E-state index contributed by atoms with van der Waals surface area (Å²) in [4.78, 5) is 0. The maximum absolute atomic E-state index is 13.6. The van der Waals surface area contributed by atoms with E-state index < -0.39 is 41.2 Å². The van der Waals surface area contributed by atoms with Gasteiger partial charge in [0.1, 0.15) is 11.5 Å². The van der Waals surface area contributed by atoms with E-state index >= 15 is 0 Å². The number of rotatable bonds is 3. The Bertz CT molecular complexity index is 1130. The van der Waals surface area contributed by atoms with Crippen LogP contribution in [0.2, 0.25) is 0 Å². The van der Waals surface area contributed by atoms with Gasteiger partial charge in [0.05, 0.1) is 5.56 Å². The molecule has 0 aromatic heterocycles. The highest BCUT2D eigenvalue weighted by molar-refractivity contribution is 5.74. The van der Waals surface area contributed by atoms with Crippen LogP contribution in [-0.4, -0.2) is 12.2 Å². The average molecular weight is 443 g/mol. The van der Waals surface area contributed by atoms with Crippen LogP contribution in [0.4, 0.5) is 30.7 Å². The van der Waals surface area contributed by atoms with Gasteiger partial charge >= 0.3 is 18.4 Å². The zero-order chi connectivity index (χ0) is 22.4. The molecule has 10 heteroatoms. The van der Waals surface area contributed by atoms with Crippen LogP contribution in [0, 0.1) is 6.07 Å². The molecule has 0 fully saturated rings. The van der Waals surface area contributed by atoms with Crippen molar-refractivity contribution < 1.29 is 44.9 Å². The molecule has 0 aliphatic carbocycles. The lowest BCUT2D eigenvalue weighted by Crippen LogP contribution is -2.52. The molecule has 3 aromatic carbocycles. The number of alkyl halides is 7. The lowest BCUT2D eigenvalue weighted by atomic mass is 10.0. The molecule has 0 saturated heterocycles. The summed E-state index contributed by atoms with van der Waals surface area (Å²) in [5, 5.41) is 0. The van der Waals surface area contributed by atoms with Crippen molar-refractivity contribution in [2.75, 3.05) is 0 Å². The molecular weight excluding hydrogens is 433 g/mol. The smallest absolute Gasteiger partial charge is 0.457 e. The van der Waals surface area contributed by atoms with Crippen LogP contribution in [0.5, 0.6) is 23.0 Å². The first kappa shape index (κ1) is 20.8. The van der Waals surface area contributed by atoms with Crippen molar-refractivity contribution in [3.05, 3.63) is 72.3 Å². The van der Waals surface area contributed by atoms with Crippen LogP contribution in [0.15, 0.2) is 60.7 Å². The van der Waals surface area contributed by atoms with Crippen molar-refractivity contribution in [2.45, 2.75) is 18.4 Å². The van der Waals surface area contributed by atoms with E-state index in [1.807, 2.05) is 0 Å². The van der Waals surface area contributed by atoms with E-state index in [1.54, 1.807) is 0 Å². The quantitative estimate of drug-likeness (QED) is 0.411. The maximum atomic E-state index is 13.6. The first-order valence-corrected chi connectivity index (χ1v) is 8.61. The average Bonchev–Trinajstić information content (AvgIpc) is 2.68. The molecular formula is C21H10F7O3. The number of hydrogen-bond donors (Lipinski definition) is 0. The van der Waals surface area contributed by atoms with Gasteiger partial charge in [-0.25, -0.2) is 0 Å². The number of benzene rings is 3. The van der Waals surface area contributed by atoms with Crippen molar-refractivity contribution >= 4 is 0 Å². The lowest BCUT2D eigenvalue weighted by molar-refractivity contribution is -0.391. The first-order valence-electron chi connectivity index (χ1n) is 8.61. The maximum Gasteiger partial charge on any atom is 0.507 e. The Kier molecular flexibility index (Phi) is 4.75. The Morgan fingerprint density at radius 1 is 0.839 bits per heavy atom. The summed E-state index contributed by atoms with van der Waals surface area (Å²) in [6.45, 7) is 0. The number of fused-ring (bicyclic) bond motifs is 1. The van der Waals surface area contributed by atoms with Gasteiger partial charge in [-0.3, -0.25) is 0 Å². The van der Waals surface area contributed by atoms with Gasteiger partial charge in [-0.15, -0.1) is 0 Å². The van der Waals surface area contributed by atoms with Crippen molar-refractivity contribution in [2.24, 2.45) is 0 Å². The molecule has 31 heavy (non-hydrogen) atoms. The summed E-state index contributed by atoms with van der Waals surface area (Å²) < 4.78 is 107. The predicted octanol–water partition coefficient (Wildman–Crippen LogP) is 6.92. The van der Waals surface area contributed by atoms with Crippen LogP contribution >= 0.6 is 0 Å². The second-order valence-corrected chi connectivity index (χ2v) is 6.41. The Labute approximate surface area is 170 Å². The van der Waals surface area contributed by atoms with Gasteiger partial charge in [-0.05, 0) is 48.0 Å². The monoisotopic (exact) mass is 443 g/mol. The molecule has 0 saturated carbocycles. The normalized spacial score (nSPS) is 16.6. The second kappa shape index (κ2) is 7.07. The SMILES string of the molecule is FC(F)(F)c1ccccc1Oc1cccc(-c2[c]ccc3c2OC(F)(F)C(F)(F)O3)c1. The summed E-state index contributed by atoms with van der Waals surface area (Å²) in [5.41, 5.74) is -1.06. The third kappa shape index (κ3) is 3.85. The third-order valence-corrected chi connectivity index (χ3v) is 4.26. The van der Waals surface area contributed by atoms with Crippen molar-refractivity contribution in [1.29, 1.82) is 0 Å². The van der Waals surface area contributed by atoms with Crippen molar-refractivity contribution in [3.63, 3.8) is 0 Å². The first-order chi connectivity index (χ1) is 14.5. The summed E-state index contributed by atoms with van der Waals surface area (Å²) in [6.07, 6.45) is -14.5. The van der Waals surface area contributed by atoms with Gasteiger partial charge in [0.2, 0.25) is 0 Å². The number of ether oxygens (including phenoxy) is 3. The van der Waals surface area contributed by atoms with Gasteiger partial charge in [0.15, 0.2) is 11.5 Å². The Morgan fingerprint density at radius 2 is 1.55 bits per heavy atom. The van der Waals surface area contributed by atoms with Crippen LogP contribution in [0.25, 0.3) is 11.1 Å². The molecule has 3 aromatic rings. The van der Waals surface area contributed by atoms with Crippen LogP contribution in [0.1, 0.15) is 5.56 Å². The highest BCUT2D eigenvalue weighted by atomic mass is 19.4. The summed E-state index contributed by atoms with van der Waals surface area (Å²) >= 11 is 0. The molecule has 4 rings (SSSR count). The van der Waals surface area contributed by atoms with Gasteiger partial charge in [-0.1, -0.05) is 24.3 Å². The van der Waals surface area contributed by atoms with E-state index in [0.717, 1.165) is 24.3 Å². The van der Waals surface area contributed by atoms with Crippen LogP contribution in [0.3, 0.4) is 0 Å². The van der Waals surface area contributed by atoms with Gasteiger partial charge in [0, 0.05) is 5.56 Å². The number of para-hydroxylation sites is 1. The lowest BCUT2D eigenvalue weighted by Gasteiger charge is -2.32. The van der Waals surface area contributed by atoms with Crippen LogP contribution < -0.4 is 14.2 Å². The minimum Gasteiger partial charge on any atom is -0.457 e. The van der Waals surface area contributed by atoms with E-state index in [-0.39, 0.29) is 16.9 Å². The fourth-order valence-electron chi connectivity index (χ4n) is 2.88. The summed E-state index contributed by atoms with van der Waals surface area (Å²) in [5.74, 6) is -1.87. The minimum absolute atomic E-state index is 0.0611. The predicted molar refractivity (Wildman–Crippen MR) is 93.4 cm³/mol. The molecule has 0 amide bonds. The molecule has 0 atom stereocenters. The topological polar surface area (TPSA) is 27.7 Å². The van der Waals surface area contributed by atoms with E-state index in [4.69, 9.17) is 4.74 Å². The van der Waals surface area contributed by atoms with Crippen molar-refractivity contribution in [1.82, 2.24) is 0 Å². The third-order valence-electron chi connectivity index (χ3n) is 4.26. The molecule has 1 radical (unpaired) electrons. The molecule has 161 valence electrons. The standard InChI is InChI=1S/C21H10F7O3/c22-19(23,24)15-8-1-2-9-16(15)29-13-6-3-5-12(11-13)14-7-4-10-17-18(14)31-21(27,28)20(25,26)30-17/h1-6,8-11H. The zero-order valence-corrected chi connectivity index (χ0v) is 15.1. The number of halogens is 7. The molecule has 0 spiro atoms. The van der Waals surface area contributed by atoms with Gasteiger partial charge < -0.3 is 14.2 Å². The molecule has 0 N–H and O–H groups in total. The van der Waals surface area contributed by atoms with Gasteiger partial charge in [-0.2, -0.15) is 30.7 Å². The minimum atomic E-state index is -4.94. The van der Waals surface area contributed by atoms with Crippen molar-refractivity contribution in [3.8, 4) is 34.1 Å². The summed E-state index contributed by atoms with van der Waals surface area (Å²) in [6, 6.07) is 14.6. The molecule has 0 unspecified atom stereocenters. The molecule has 1 aliphatic rings. The highest BCUT2D eigenvalue weighted by Crippen LogP contribution is 2.50. The molecule has 1 aliphatic heterocycles. The molecule has 3 nitrogen and oxygen atoms in total. The van der Waals surface area contributed by atoms with E-state index in [1.165, 1.54) is 36.4 Å². The molecule has 0 bridgehead atoms. The largest absolute Gasteiger partial charge is 0.507 e. The van der Waals surface area contributed by atoms with Gasteiger partial charge in [0.25, 0.3) is 0 Å². The number of hydrogen-bond acceptors (Lipinski definition) is 3. The highest BCUT2D eigenvalue weighted by Gasteiger charge is 2.66. The van der Waals surface area contributed by atoms with Crippen LogP contribution in [-0.2, 0) is 6.18 Å². The molecule has 1 heterocycles. The Hall–Kier alpha value is -3.43. The summed E-state index contributed by atoms with van der Waals surface area (Å²) in [7, 11) is 0. The van der Waals surface area contributed by atoms with E-state index in [9.17, 15) is 30.7 Å². The van der Waals surface area contributed by atoms with E-state index in [0.29, 0.717) is 0 Å². The second-order valence-electron chi connectivity index (χ2n) is 6.41.